The Morgan fingerprint density at radius 2 is 2.10 bits per heavy atom. The molecule has 0 saturated carbocycles. The first-order chi connectivity index (χ1) is 10.0. The quantitative estimate of drug-likeness (QED) is 0.591. The van der Waals surface area contributed by atoms with Gasteiger partial charge in [0, 0.05) is 6.07 Å². The molecule has 0 aliphatic rings. The molecule has 0 radical (unpaired) electrons. The molecule has 1 heterocycles. The highest BCUT2D eigenvalue weighted by Crippen LogP contribution is 2.27. The van der Waals surface area contributed by atoms with E-state index < -0.39 is 4.92 Å². The van der Waals surface area contributed by atoms with Crippen LogP contribution in [0.15, 0.2) is 36.4 Å². The second-order valence-electron chi connectivity index (χ2n) is 4.90. The molecule has 2 aromatic carbocycles. The molecular formula is C15H12FN3O2. The number of imidazole rings is 1. The second kappa shape index (κ2) is 4.97. The normalized spacial score (nSPS) is 11.0. The molecule has 0 unspecified atom stereocenters. The van der Waals surface area contributed by atoms with E-state index in [4.69, 9.17) is 0 Å². The first kappa shape index (κ1) is 13.2. The van der Waals surface area contributed by atoms with Crippen molar-refractivity contribution >= 4 is 16.7 Å². The van der Waals surface area contributed by atoms with Crippen molar-refractivity contribution in [1.29, 1.82) is 0 Å². The molecule has 0 amide bonds. The number of nitro benzene ring substituents is 1. The maximum atomic E-state index is 13.2. The number of hydrogen-bond acceptors (Lipinski definition) is 3. The summed E-state index contributed by atoms with van der Waals surface area (Å²) in [6.45, 7) is 1.75. The zero-order valence-electron chi connectivity index (χ0n) is 11.3. The zero-order valence-corrected chi connectivity index (χ0v) is 11.3. The van der Waals surface area contributed by atoms with Gasteiger partial charge in [-0.25, -0.2) is 9.37 Å². The number of benzene rings is 2. The Morgan fingerprint density at radius 3 is 2.81 bits per heavy atom. The fraction of sp³-hybridized carbons (Fsp3) is 0.133. The van der Waals surface area contributed by atoms with E-state index in [2.05, 4.69) is 9.97 Å². The van der Waals surface area contributed by atoms with Gasteiger partial charge >= 0.3 is 0 Å². The molecule has 0 spiro atoms. The van der Waals surface area contributed by atoms with Gasteiger partial charge in [-0.2, -0.15) is 0 Å². The number of halogens is 1. The lowest BCUT2D eigenvalue weighted by Gasteiger charge is -2.03. The number of nitro groups is 1. The highest BCUT2D eigenvalue weighted by molar-refractivity contribution is 5.85. The van der Waals surface area contributed by atoms with E-state index in [1.54, 1.807) is 19.1 Å². The van der Waals surface area contributed by atoms with Gasteiger partial charge in [-0.3, -0.25) is 10.1 Å². The van der Waals surface area contributed by atoms with E-state index in [0.29, 0.717) is 23.3 Å². The number of nitrogens with one attached hydrogen (secondary N) is 1. The maximum absolute atomic E-state index is 13.2. The number of aromatic amines is 1. The average molecular weight is 285 g/mol. The van der Waals surface area contributed by atoms with Crippen molar-refractivity contribution in [2.75, 3.05) is 0 Å². The predicted octanol–water partition coefficient (Wildman–Crippen LogP) is 3.51. The summed E-state index contributed by atoms with van der Waals surface area (Å²) in [5.74, 6) is 0.302. The summed E-state index contributed by atoms with van der Waals surface area (Å²) < 4.78 is 13.2. The molecule has 0 saturated heterocycles. The molecule has 1 aromatic heterocycles. The highest BCUT2D eigenvalue weighted by Gasteiger charge is 2.17. The van der Waals surface area contributed by atoms with E-state index in [-0.39, 0.29) is 11.5 Å². The summed E-state index contributed by atoms with van der Waals surface area (Å²) in [5.41, 5.74) is 2.43. The molecule has 21 heavy (non-hydrogen) atoms. The summed E-state index contributed by atoms with van der Waals surface area (Å²) in [4.78, 5) is 17.9. The van der Waals surface area contributed by atoms with E-state index in [1.165, 1.54) is 18.2 Å². The van der Waals surface area contributed by atoms with Crippen molar-refractivity contribution in [2.24, 2.45) is 0 Å². The number of non-ortho nitro benzene ring substituents is 1. The number of nitrogens with zero attached hydrogens (tertiary/aromatic N) is 2. The van der Waals surface area contributed by atoms with Crippen LogP contribution in [0, 0.1) is 22.9 Å². The number of rotatable bonds is 3. The summed E-state index contributed by atoms with van der Waals surface area (Å²) in [6, 6.07) is 9.51. The Kier molecular flexibility index (Phi) is 3.13. The summed E-state index contributed by atoms with van der Waals surface area (Å²) >= 11 is 0. The molecule has 0 bridgehead atoms. The average Bonchev–Trinajstić information content (AvgIpc) is 2.77. The molecule has 1 N–H and O–H groups in total. The predicted molar refractivity (Wildman–Crippen MR) is 76.7 cm³/mol. The number of aromatic nitrogens is 2. The maximum Gasteiger partial charge on any atom is 0.297 e. The molecule has 0 fully saturated rings. The number of hydrogen-bond donors (Lipinski definition) is 1. The van der Waals surface area contributed by atoms with Crippen LogP contribution in [0.2, 0.25) is 0 Å². The molecule has 0 aliphatic heterocycles. The lowest BCUT2D eigenvalue weighted by atomic mass is 10.0. The van der Waals surface area contributed by atoms with Gasteiger partial charge in [-0.1, -0.05) is 12.1 Å². The van der Waals surface area contributed by atoms with E-state index in [1.807, 2.05) is 6.07 Å². The number of fused-ring (bicyclic) bond motifs is 1. The monoisotopic (exact) mass is 285 g/mol. The Bertz CT molecular complexity index is 842. The summed E-state index contributed by atoms with van der Waals surface area (Å²) in [6.07, 6.45) is 0.423. The van der Waals surface area contributed by atoms with Crippen LogP contribution in [-0.4, -0.2) is 14.9 Å². The van der Waals surface area contributed by atoms with Crippen LogP contribution in [0.25, 0.3) is 11.0 Å². The van der Waals surface area contributed by atoms with Gasteiger partial charge in [0.15, 0.2) is 5.52 Å². The van der Waals surface area contributed by atoms with Crippen molar-refractivity contribution in [3.8, 4) is 0 Å². The molecule has 106 valence electrons. The van der Waals surface area contributed by atoms with Crippen molar-refractivity contribution < 1.29 is 9.31 Å². The van der Waals surface area contributed by atoms with Crippen molar-refractivity contribution in [1.82, 2.24) is 9.97 Å². The summed E-state index contributed by atoms with van der Waals surface area (Å²) in [5, 5.41) is 11.2. The Balaban J connectivity index is 2.08. The number of H-pyrrole nitrogens is 1. The first-order valence-corrected chi connectivity index (χ1v) is 6.41. The van der Waals surface area contributed by atoms with Gasteiger partial charge in [0.2, 0.25) is 0 Å². The minimum Gasteiger partial charge on any atom is -0.342 e. The van der Waals surface area contributed by atoms with Gasteiger partial charge < -0.3 is 4.98 Å². The molecule has 3 rings (SSSR count). The van der Waals surface area contributed by atoms with E-state index in [0.717, 1.165) is 11.1 Å². The molecule has 0 atom stereocenters. The zero-order chi connectivity index (χ0) is 15.0. The van der Waals surface area contributed by atoms with Crippen LogP contribution < -0.4 is 0 Å². The van der Waals surface area contributed by atoms with E-state index in [9.17, 15) is 14.5 Å². The molecule has 0 aliphatic carbocycles. The molecular weight excluding hydrogens is 273 g/mol. The van der Waals surface area contributed by atoms with Crippen LogP contribution in [0.5, 0.6) is 0 Å². The molecule has 6 heteroatoms. The van der Waals surface area contributed by atoms with E-state index >= 15 is 0 Å². The third-order valence-corrected chi connectivity index (χ3v) is 3.24. The minimum atomic E-state index is -0.447. The first-order valence-electron chi connectivity index (χ1n) is 6.41. The van der Waals surface area contributed by atoms with Crippen molar-refractivity contribution in [2.45, 2.75) is 13.3 Å². The fourth-order valence-corrected chi connectivity index (χ4v) is 2.40. The van der Waals surface area contributed by atoms with Gasteiger partial charge in [0.25, 0.3) is 5.69 Å². The Morgan fingerprint density at radius 1 is 1.29 bits per heavy atom. The topological polar surface area (TPSA) is 71.8 Å². The smallest absolute Gasteiger partial charge is 0.297 e. The van der Waals surface area contributed by atoms with Crippen LogP contribution >= 0.6 is 0 Å². The van der Waals surface area contributed by atoms with Crippen LogP contribution in [0.4, 0.5) is 10.1 Å². The minimum absolute atomic E-state index is 0.0387. The van der Waals surface area contributed by atoms with Crippen molar-refractivity contribution in [3.63, 3.8) is 0 Å². The standard InChI is InChI=1S/C15H12FN3O2/c1-9-17-13-7-11(5-10-3-2-4-12(16)6-10)8-14(19(20)21)15(13)18-9/h2-4,6-8H,5H2,1H3,(H,17,18). The lowest BCUT2D eigenvalue weighted by Crippen LogP contribution is -1.94. The van der Waals surface area contributed by atoms with Gasteiger partial charge in [-0.15, -0.1) is 0 Å². The molecule has 5 nitrogen and oxygen atoms in total. The largest absolute Gasteiger partial charge is 0.342 e. The third kappa shape index (κ3) is 2.60. The second-order valence-corrected chi connectivity index (χ2v) is 4.90. The Labute approximate surface area is 119 Å². The van der Waals surface area contributed by atoms with Gasteiger partial charge in [0.1, 0.15) is 11.6 Å². The lowest BCUT2D eigenvalue weighted by molar-refractivity contribution is -0.383. The van der Waals surface area contributed by atoms with Crippen molar-refractivity contribution in [3.05, 3.63) is 69.3 Å². The SMILES string of the molecule is Cc1nc2c([N+](=O)[O-])cc(Cc3cccc(F)c3)cc2[nH]1. The number of aryl methyl sites for hydroxylation is 1. The van der Waals surface area contributed by atoms with Crippen LogP contribution in [-0.2, 0) is 6.42 Å². The van der Waals surface area contributed by atoms with Gasteiger partial charge in [-0.05, 0) is 42.7 Å². The van der Waals surface area contributed by atoms with Crippen LogP contribution in [0.1, 0.15) is 17.0 Å². The highest BCUT2D eigenvalue weighted by atomic mass is 19.1. The Hall–Kier alpha value is -2.76. The third-order valence-electron chi connectivity index (χ3n) is 3.24. The van der Waals surface area contributed by atoms with Gasteiger partial charge in [0.05, 0.1) is 10.4 Å². The summed E-state index contributed by atoms with van der Waals surface area (Å²) in [7, 11) is 0. The van der Waals surface area contributed by atoms with Crippen LogP contribution in [0.3, 0.4) is 0 Å². The molecule has 3 aromatic rings. The fourth-order valence-electron chi connectivity index (χ4n) is 2.40.